The second-order valence-electron chi connectivity index (χ2n) is 5.82. The lowest BCUT2D eigenvalue weighted by molar-refractivity contribution is -0.119. The van der Waals surface area contributed by atoms with Crippen molar-refractivity contribution in [2.24, 2.45) is 0 Å². The first-order valence-corrected chi connectivity index (χ1v) is 9.67. The molecule has 0 spiro atoms. The van der Waals surface area contributed by atoms with Crippen LogP contribution in [0.25, 0.3) is 5.57 Å². The van der Waals surface area contributed by atoms with Crippen LogP contribution >= 0.6 is 11.8 Å². The Balaban J connectivity index is 2.13. The summed E-state index contributed by atoms with van der Waals surface area (Å²) in [6.45, 7) is 1.94. The highest BCUT2D eigenvalue weighted by atomic mass is 32.2. The van der Waals surface area contributed by atoms with E-state index in [1.165, 1.54) is 30.9 Å². The fourth-order valence-corrected chi connectivity index (χ4v) is 3.92. The number of nitrogens with zero attached hydrogens (tertiary/aromatic N) is 1. The molecule has 0 atom stereocenters. The number of hydrogen-bond acceptors (Lipinski definition) is 6. The fraction of sp³-hybridized carbons (Fsp3) is 0.238. The first-order chi connectivity index (χ1) is 13.6. The molecule has 2 aromatic rings. The Morgan fingerprint density at radius 1 is 0.857 bits per heavy atom. The third-order valence-corrected chi connectivity index (χ3v) is 5.28. The number of imide groups is 1. The molecule has 146 valence electrons. The lowest BCUT2D eigenvalue weighted by Crippen LogP contribution is -2.31. The number of anilines is 1. The molecule has 2 amide bonds. The largest absolute Gasteiger partial charge is 0.495 e. The van der Waals surface area contributed by atoms with Gasteiger partial charge in [-0.25, -0.2) is 4.90 Å². The van der Waals surface area contributed by atoms with E-state index in [1.807, 2.05) is 6.92 Å². The SMILES string of the molecule is CCSC1=C(c2ccc(OC)c(OC)c2)C(=O)N(c2ccccc2OC)C1=O. The third kappa shape index (κ3) is 3.33. The average molecular weight is 399 g/mol. The van der Waals surface area contributed by atoms with Crippen molar-refractivity contribution in [3.63, 3.8) is 0 Å². The zero-order valence-electron chi connectivity index (χ0n) is 16.1. The van der Waals surface area contributed by atoms with E-state index in [4.69, 9.17) is 14.2 Å². The molecular formula is C21H21NO5S. The van der Waals surface area contributed by atoms with Crippen LogP contribution in [0.3, 0.4) is 0 Å². The number of ether oxygens (including phenoxy) is 3. The Bertz CT molecular complexity index is 954. The van der Waals surface area contributed by atoms with Crippen molar-refractivity contribution >= 4 is 34.8 Å². The van der Waals surface area contributed by atoms with E-state index in [1.54, 1.807) is 49.6 Å². The lowest BCUT2D eigenvalue weighted by atomic mass is 10.1. The predicted molar refractivity (Wildman–Crippen MR) is 110 cm³/mol. The van der Waals surface area contributed by atoms with Crippen molar-refractivity contribution in [2.75, 3.05) is 32.0 Å². The minimum Gasteiger partial charge on any atom is -0.495 e. The highest BCUT2D eigenvalue weighted by Crippen LogP contribution is 2.42. The van der Waals surface area contributed by atoms with Crippen molar-refractivity contribution in [3.8, 4) is 17.2 Å². The maximum absolute atomic E-state index is 13.3. The molecule has 1 aliphatic heterocycles. The van der Waals surface area contributed by atoms with Crippen molar-refractivity contribution < 1.29 is 23.8 Å². The molecule has 0 aliphatic carbocycles. The number of amides is 2. The normalized spacial score (nSPS) is 13.9. The van der Waals surface area contributed by atoms with Gasteiger partial charge in [-0.3, -0.25) is 9.59 Å². The highest BCUT2D eigenvalue weighted by Gasteiger charge is 2.41. The zero-order valence-corrected chi connectivity index (χ0v) is 17.0. The summed E-state index contributed by atoms with van der Waals surface area (Å²) in [6, 6.07) is 12.2. The van der Waals surface area contributed by atoms with Gasteiger partial charge in [-0.2, -0.15) is 0 Å². The van der Waals surface area contributed by atoms with E-state index >= 15 is 0 Å². The molecule has 0 fully saturated rings. The summed E-state index contributed by atoms with van der Waals surface area (Å²) in [7, 11) is 4.58. The highest BCUT2D eigenvalue weighted by molar-refractivity contribution is 8.04. The Kier molecular flexibility index (Phi) is 5.94. The van der Waals surface area contributed by atoms with Gasteiger partial charge in [0.1, 0.15) is 5.75 Å². The van der Waals surface area contributed by atoms with Crippen LogP contribution in [0.15, 0.2) is 47.4 Å². The molecule has 3 rings (SSSR count). The second-order valence-corrected chi connectivity index (χ2v) is 7.10. The average Bonchev–Trinajstić information content (AvgIpc) is 2.97. The van der Waals surface area contributed by atoms with Crippen LogP contribution in [0.2, 0.25) is 0 Å². The van der Waals surface area contributed by atoms with Crippen LogP contribution in [0.5, 0.6) is 17.2 Å². The summed E-state index contributed by atoms with van der Waals surface area (Å²) in [5.74, 6) is 1.41. The molecule has 28 heavy (non-hydrogen) atoms. The molecule has 0 saturated carbocycles. The summed E-state index contributed by atoms with van der Waals surface area (Å²) >= 11 is 1.34. The quantitative estimate of drug-likeness (QED) is 0.661. The summed E-state index contributed by atoms with van der Waals surface area (Å²) in [6.07, 6.45) is 0. The zero-order chi connectivity index (χ0) is 20.3. The smallest absolute Gasteiger partial charge is 0.272 e. The van der Waals surface area contributed by atoms with Gasteiger partial charge >= 0.3 is 0 Å². The van der Waals surface area contributed by atoms with Gasteiger partial charge in [0.05, 0.1) is 37.5 Å². The topological polar surface area (TPSA) is 65.1 Å². The number of benzene rings is 2. The lowest BCUT2D eigenvalue weighted by Gasteiger charge is -2.18. The molecule has 0 radical (unpaired) electrons. The van der Waals surface area contributed by atoms with Crippen LogP contribution in [-0.4, -0.2) is 38.9 Å². The Morgan fingerprint density at radius 2 is 1.54 bits per heavy atom. The van der Waals surface area contributed by atoms with Gasteiger partial charge in [-0.1, -0.05) is 25.1 Å². The number of thioether (sulfide) groups is 1. The molecule has 0 N–H and O–H groups in total. The standard InChI is InChI=1S/C21H21NO5S/c1-5-28-19-18(13-10-11-16(26-3)17(12-13)27-4)20(23)22(21(19)24)14-8-6-7-9-15(14)25-2/h6-12H,5H2,1-4H3. The first-order valence-electron chi connectivity index (χ1n) is 8.68. The van der Waals surface area contributed by atoms with Gasteiger partial charge in [0, 0.05) is 0 Å². The Labute approximate surface area is 168 Å². The van der Waals surface area contributed by atoms with E-state index in [2.05, 4.69) is 0 Å². The van der Waals surface area contributed by atoms with Gasteiger partial charge < -0.3 is 14.2 Å². The second kappa shape index (κ2) is 8.39. The Hall–Kier alpha value is -2.93. The van der Waals surface area contributed by atoms with Crippen molar-refractivity contribution in [1.82, 2.24) is 0 Å². The van der Waals surface area contributed by atoms with Gasteiger partial charge in [-0.15, -0.1) is 11.8 Å². The van der Waals surface area contributed by atoms with E-state index in [9.17, 15) is 9.59 Å². The third-order valence-electron chi connectivity index (χ3n) is 4.33. The van der Waals surface area contributed by atoms with Crippen LogP contribution < -0.4 is 19.1 Å². The van der Waals surface area contributed by atoms with Crippen LogP contribution in [-0.2, 0) is 9.59 Å². The van der Waals surface area contributed by atoms with Crippen LogP contribution in [0.4, 0.5) is 5.69 Å². The van der Waals surface area contributed by atoms with Crippen molar-refractivity contribution in [2.45, 2.75) is 6.92 Å². The van der Waals surface area contributed by atoms with Gasteiger partial charge in [0.15, 0.2) is 11.5 Å². The molecule has 2 aromatic carbocycles. The number of para-hydroxylation sites is 2. The molecule has 1 heterocycles. The number of rotatable bonds is 7. The van der Waals surface area contributed by atoms with E-state index in [0.717, 1.165) is 0 Å². The first kappa shape index (κ1) is 19.8. The summed E-state index contributed by atoms with van der Waals surface area (Å²) in [5.41, 5.74) is 1.37. The minimum absolute atomic E-state index is 0.351. The van der Waals surface area contributed by atoms with Gasteiger partial charge in [0.25, 0.3) is 11.8 Å². The number of carbonyl (C=O) groups is 2. The van der Waals surface area contributed by atoms with Gasteiger partial charge in [0.2, 0.25) is 0 Å². The Morgan fingerprint density at radius 3 is 2.18 bits per heavy atom. The molecule has 0 bridgehead atoms. The van der Waals surface area contributed by atoms with E-state index < -0.39 is 5.91 Å². The molecular weight excluding hydrogens is 378 g/mol. The molecule has 0 unspecified atom stereocenters. The fourth-order valence-electron chi connectivity index (χ4n) is 3.07. The summed E-state index contributed by atoms with van der Waals surface area (Å²) in [4.78, 5) is 28.1. The molecule has 1 aliphatic rings. The minimum atomic E-state index is -0.391. The molecule has 7 heteroatoms. The van der Waals surface area contributed by atoms with Gasteiger partial charge in [-0.05, 0) is 35.6 Å². The van der Waals surface area contributed by atoms with Crippen molar-refractivity contribution in [3.05, 3.63) is 52.9 Å². The number of carbonyl (C=O) groups excluding carboxylic acids is 2. The van der Waals surface area contributed by atoms with Crippen LogP contribution in [0, 0.1) is 0 Å². The summed E-state index contributed by atoms with van der Waals surface area (Å²) < 4.78 is 16.0. The molecule has 0 aromatic heterocycles. The number of methoxy groups -OCH3 is 3. The summed E-state index contributed by atoms with van der Waals surface area (Å²) in [5, 5.41) is 0. The number of hydrogen-bond donors (Lipinski definition) is 0. The monoisotopic (exact) mass is 399 g/mol. The maximum Gasteiger partial charge on any atom is 0.272 e. The maximum atomic E-state index is 13.3. The van der Waals surface area contributed by atoms with Crippen molar-refractivity contribution in [1.29, 1.82) is 0 Å². The van der Waals surface area contributed by atoms with E-state index in [0.29, 0.717) is 44.7 Å². The molecule has 6 nitrogen and oxygen atoms in total. The van der Waals surface area contributed by atoms with E-state index in [-0.39, 0.29) is 5.91 Å². The predicted octanol–water partition coefficient (Wildman–Crippen LogP) is 3.75. The molecule has 0 saturated heterocycles. The van der Waals surface area contributed by atoms with Crippen LogP contribution in [0.1, 0.15) is 12.5 Å².